The van der Waals surface area contributed by atoms with Gasteiger partial charge in [0, 0.05) is 44.3 Å². The lowest BCUT2D eigenvalue weighted by Crippen LogP contribution is -2.54. The zero-order valence-corrected chi connectivity index (χ0v) is 19.5. The number of rotatable bonds is 3. The quantitative estimate of drug-likeness (QED) is 0.747. The van der Waals surface area contributed by atoms with Crippen LogP contribution in [-0.2, 0) is 9.53 Å². The van der Waals surface area contributed by atoms with E-state index in [1.165, 1.54) is 11.1 Å². The van der Waals surface area contributed by atoms with Gasteiger partial charge in [-0.15, -0.1) is 0 Å². The molecule has 3 amide bonds. The molecule has 33 heavy (non-hydrogen) atoms. The van der Waals surface area contributed by atoms with E-state index >= 15 is 0 Å². The number of nitrogens with one attached hydrogen (secondary N) is 1. The first-order chi connectivity index (χ1) is 16.1. The van der Waals surface area contributed by atoms with E-state index in [0.717, 1.165) is 31.0 Å². The highest BCUT2D eigenvalue weighted by Crippen LogP contribution is 2.30. The van der Waals surface area contributed by atoms with E-state index in [1.807, 2.05) is 23.1 Å². The van der Waals surface area contributed by atoms with Crippen molar-refractivity contribution in [1.82, 2.24) is 20.0 Å². The summed E-state index contributed by atoms with van der Waals surface area (Å²) in [6.07, 6.45) is 1.69. The Morgan fingerprint density at radius 2 is 1.58 bits per heavy atom. The second-order valence-electron chi connectivity index (χ2n) is 8.47. The van der Waals surface area contributed by atoms with E-state index in [0.29, 0.717) is 26.2 Å². The molecule has 2 aliphatic heterocycles. The number of ether oxygens (including phenoxy) is 1. The molecule has 0 aliphatic carbocycles. The fourth-order valence-electron chi connectivity index (χ4n) is 4.44. The van der Waals surface area contributed by atoms with Gasteiger partial charge < -0.3 is 19.9 Å². The minimum Gasteiger partial charge on any atom is -0.354 e. The Labute approximate surface area is 200 Å². The molecule has 2 aromatic rings. The molecule has 176 valence electrons. The summed E-state index contributed by atoms with van der Waals surface area (Å²) >= 11 is 6.13. The molecular weight excluding hydrogens is 440 g/mol. The summed E-state index contributed by atoms with van der Waals surface area (Å²) in [7, 11) is 0. The summed E-state index contributed by atoms with van der Waals surface area (Å²) < 4.78 is 5.48. The molecule has 0 radical (unpaired) electrons. The normalized spacial score (nSPS) is 19.6. The van der Waals surface area contributed by atoms with Gasteiger partial charge in [-0.2, -0.15) is 0 Å². The molecule has 2 fully saturated rings. The molecular formula is C25H31ClN4O3. The molecule has 2 saturated heterocycles. The predicted octanol–water partition coefficient (Wildman–Crippen LogP) is 3.35. The monoisotopic (exact) mass is 470 g/mol. The van der Waals surface area contributed by atoms with Crippen LogP contribution in [0.3, 0.4) is 0 Å². The standard InChI is InChI=1S/C25H31ClN4O3/c26-22-10-8-21(9-11-22)24(20-6-2-1-3-7-20)28-14-16-29(17-15-28)25(32)30-13-5-4-12-27-23(31)18-33-19-30/h1-3,6-11,24H,4-5,12-19H2,(H,27,31). The van der Waals surface area contributed by atoms with Gasteiger partial charge in [-0.05, 0) is 36.1 Å². The third-order valence-corrected chi connectivity index (χ3v) is 6.43. The number of halogens is 1. The lowest BCUT2D eigenvalue weighted by molar-refractivity contribution is -0.127. The number of carbonyl (C=O) groups is 2. The van der Waals surface area contributed by atoms with Crippen LogP contribution >= 0.6 is 11.6 Å². The number of amides is 3. The number of carbonyl (C=O) groups excluding carboxylic acids is 2. The summed E-state index contributed by atoms with van der Waals surface area (Å²) in [6.45, 7) is 4.21. The Balaban J connectivity index is 1.42. The highest BCUT2D eigenvalue weighted by molar-refractivity contribution is 6.30. The summed E-state index contributed by atoms with van der Waals surface area (Å²) in [5.74, 6) is -0.132. The van der Waals surface area contributed by atoms with Crippen molar-refractivity contribution in [3.05, 3.63) is 70.7 Å². The van der Waals surface area contributed by atoms with Gasteiger partial charge in [0.25, 0.3) is 0 Å². The van der Waals surface area contributed by atoms with Gasteiger partial charge in [-0.1, -0.05) is 54.1 Å². The molecule has 2 heterocycles. The third kappa shape index (κ3) is 6.25. The molecule has 1 atom stereocenters. The fraction of sp³-hybridized carbons (Fsp3) is 0.440. The van der Waals surface area contributed by atoms with Crippen molar-refractivity contribution in [2.24, 2.45) is 0 Å². The van der Waals surface area contributed by atoms with Gasteiger partial charge in [-0.3, -0.25) is 9.69 Å². The van der Waals surface area contributed by atoms with Crippen molar-refractivity contribution in [3.8, 4) is 0 Å². The van der Waals surface area contributed by atoms with Crippen LogP contribution in [0, 0.1) is 0 Å². The first kappa shape index (κ1) is 23.5. The maximum absolute atomic E-state index is 13.2. The van der Waals surface area contributed by atoms with E-state index in [2.05, 4.69) is 46.6 Å². The molecule has 0 spiro atoms. The van der Waals surface area contributed by atoms with E-state index in [9.17, 15) is 9.59 Å². The van der Waals surface area contributed by atoms with Gasteiger partial charge in [0.05, 0.1) is 6.04 Å². The molecule has 1 unspecified atom stereocenters. The fourth-order valence-corrected chi connectivity index (χ4v) is 4.56. The van der Waals surface area contributed by atoms with Gasteiger partial charge in [0.15, 0.2) is 0 Å². The highest BCUT2D eigenvalue weighted by atomic mass is 35.5. The summed E-state index contributed by atoms with van der Waals surface area (Å²) in [6, 6.07) is 18.6. The molecule has 8 heteroatoms. The van der Waals surface area contributed by atoms with Crippen molar-refractivity contribution in [2.75, 3.05) is 52.6 Å². The maximum atomic E-state index is 13.2. The van der Waals surface area contributed by atoms with Gasteiger partial charge in [0.2, 0.25) is 5.91 Å². The van der Waals surface area contributed by atoms with Crippen LogP contribution in [0.25, 0.3) is 0 Å². The van der Waals surface area contributed by atoms with Crippen molar-refractivity contribution in [1.29, 1.82) is 0 Å². The van der Waals surface area contributed by atoms with E-state index in [-0.39, 0.29) is 31.3 Å². The Morgan fingerprint density at radius 3 is 2.30 bits per heavy atom. The van der Waals surface area contributed by atoms with Crippen molar-refractivity contribution in [2.45, 2.75) is 18.9 Å². The van der Waals surface area contributed by atoms with Gasteiger partial charge >= 0.3 is 6.03 Å². The number of urea groups is 1. The molecule has 0 aromatic heterocycles. The van der Waals surface area contributed by atoms with Crippen molar-refractivity contribution < 1.29 is 14.3 Å². The Kier molecular flexibility index (Phi) is 8.20. The predicted molar refractivity (Wildman–Crippen MR) is 128 cm³/mol. The molecule has 2 aromatic carbocycles. The van der Waals surface area contributed by atoms with Crippen LogP contribution in [0.15, 0.2) is 54.6 Å². The highest BCUT2D eigenvalue weighted by Gasteiger charge is 2.30. The van der Waals surface area contributed by atoms with Crippen molar-refractivity contribution >= 4 is 23.5 Å². The Hall–Kier alpha value is -2.61. The first-order valence-corrected chi connectivity index (χ1v) is 11.9. The van der Waals surface area contributed by atoms with E-state index in [4.69, 9.17) is 16.3 Å². The molecule has 0 saturated carbocycles. The lowest BCUT2D eigenvalue weighted by Gasteiger charge is -2.41. The third-order valence-electron chi connectivity index (χ3n) is 6.18. The number of hydrogen-bond donors (Lipinski definition) is 1. The van der Waals surface area contributed by atoms with Gasteiger partial charge in [-0.25, -0.2) is 4.79 Å². The zero-order valence-electron chi connectivity index (χ0n) is 18.8. The Morgan fingerprint density at radius 1 is 0.879 bits per heavy atom. The van der Waals surface area contributed by atoms with Crippen LogP contribution in [0.5, 0.6) is 0 Å². The van der Waals surface area contributed by atoms with E-state index < -0.39 is 0 Å². The van der Waals surface area contributed by atoms with Gasteiger partial charge in [0.1, 0.15) is 13.3 Å². The average Bonchev–Trinajstić information content (AvgIpc) is 2.85. The van der Waals surface area contributed by atoms with Crippen LogP contribution < -0.4 is 5.32 Å². The molecule has 1 N–H and O–H groups in total. The summed E-state index contributed by atoms with van der Waals surface area (Å²) in [5.41, 5.74) is 2.41. The SMILES string of the molecule is O=C1COCN(C(=O)N2CCN(C(c3ccccc3)c3ccc(Cl)cc3)CC2)CCCCN1. The number of piperazine rings is 1. The van der Waals surface area contributed by atoms with Crippen molar-refractivity contribution in [3.63, 3.8) is 0 Å². The summed E-state index contributed by atoms with van der Waals surface area (Å²) in [4.78, 5) is 30.9. The lowest BCUT2D eigenvalue weighted by atomic mass is 9.96. The minimum atomic E-state index is -0.132. The molecule has 4 rings (SSSR count). The maximum Gasteiger partial charge on any atom is 0.321 e. The number of benzene rings is 2. The van der Waals surface area contributed by atoms with Crippen LogP contribution in [0.1, 0.15) is 30.0 Å². The summed E-state index contributed by atoms with van der Waals surface area (Å²) in [5, 5.41) is 3.54. The van der Waals surface area contributed by atoms with Crippen LogP contribution in [0.4, 0.5) is 4.79 Å². The van der Waals surface area contributed by atoms with Crippen LogP contribution in [-0.4, -0.2) is 79.2 Å². The number of nitrogens with zero attached hydrogens (tertiary/aromatic N) is 3. The minimum absolute atomic E-state index is 0.0154. The average molecular weight is 471 g/mol. The second-order valence-corrected chi connectivity index (χ2v) is 8.90. The molecule has 2 aliphatic rings. The van der Waals surface area contributed by atoms with E-state index in [1.54, 1.807) is 4.90 Å². The zero-order chi connectivity index (χ0) is 23.0. The number of hydrogen-bond acceptors (Lipinski definition) is 4. The smallest absolute Gasteiger partial charge is 0.321 e. The first-order valence-electron chi connectivity index (χ1n) is 11.5. The van der Waals surface area contributed by atoms with Crippen LogP contribution in [0.2, 0.25) is 5.02 Å². The molecule has 0 bridgehead atoms. The second kappa shape index (κ2) is 11.5. The Bertz CT molecular complexity index is 917. The molecule has 7 nitrogen and oxygen atoms in total. The largest absolute Gasteiger partial charge is 0.354 e. The topological polar surface area (TPSA) is 65.1 Å².